The molecule has 16 heavy (non-hydrogen) atoms. The number of anilines is 2. The Bertz CT molecular complexity index is 373. The van der Waals surface area contributed by atoms with Crippen molar-refractivity contribution in [1.29, 1.82) is 0 Å². The van der Waals surface area contributed by atoms with Crippen LogP contribution in [0.25, 0.3) is 0 Å². The van der Waals surface area contributed by atoms with Gasteiger partial charge in [0.2, 0.25) is 0 Å². The van der Waals surface area contributed by atoms with Gasteiger partial charge in [-0.05, 0) is 32.0 Å². The predicted octanol–water partition coefficient (Wildman–Crippen LogP) is 2.54. The first-order valence-electron chi connectivity index (χ1n) is 5.51. The summed E-state index contributed by atoms with van der Waals surface area (Å²) in [6.45, 7) is 5.86. The van der Waals surface area contributed by atoms with E-state index in [1.165, 1.54) is 0 Å². The fourth-order valence-corrected chi connectivity index (χ4v) is 2.33. The summed E-state index contributed by atoms with van der Waals surface area (Å²) in [6, 6.07) is 5.58. The van der Waals surface area contributed by atoms with Gasteiger partial charge in [0, 0.05) is 18.1 Å². The highest BCUT2D eigenvalue weighted by molar-refractivity contribution is 6.31. The smallest absolute Gasteiger partial charge is 0.0726 e. The number of nitrogens with zero attached hydrogens (tertiary/aromatic N) is 1. The van der Waals surface area contributed by atoms with Gasteiger partial charge >= 0.3 is 0 Å². The second-order valence-corrected chi connectivity index (χ2v) is 4.80. The molecule has 2 rings (SSSR count). The molecule has 0 bridgehead atoms. The molecule has 0 amide bonds. The zero-order chi connectivity index (χ0) is 11.7. The summed E-state index contributed by atoms with van der Waals surface area (Å²) < 4.78 is 5.69. The number of hydrogen-bond acceptors (Lipinski definition) is 3. The van der Waals surface area contributed by atoms with Crippen molar-refractivity contribution in [2.24, 2.45) is 0 Å². The highest BCUT2D eigenvalue weighted by Crippen LogP contribution is 2.29. The molecular weight excluding hydrogens is 224 g/mol. The Labute approximate surface area is 101 Å². The van der Waals surface area contributed by atoms with Crippen molar-refractivity contribution in [2.75, 3.05) is 23.7 Å². The summed E-state index contributed by atoms with van der Waals surface area (Å²) in [6.07, 6.45) is 0.448. The maximum absolute atomic E-state index is 6.00. The lowest BCUT2D eigenvalue weighted by molar-refractivity contribution is -0.00517. The number of hydrogen-bond donors (Lipinski definition) is 1. The van der Waals surface area contributed by atoms with Gasteiger partial charge in [0.15, 0.2) is 0 Å². The first-order valence-corrected chi connectivity index (χ1v) is 5.89. The molecule has 1 fully saturated rings. The third-order valence-corrected chi connectivity index (χ3v) is 2.99. The summed E-state index contributed by atoms with van der Waals surface area (Å²) in [4.78, 5) is 2.24. The number of halogens is 1. The molecule has 88 valence electrons. The van der Waals surface area contributed by atoms with Crippen molar-refractivity contribution in [3.63, 3.8) is 0 Å². The van der Waals surface area contributed by atoms with E-state index < -0.39 is 0 Å². The second-order valence-electron chi connectivity index (χ2n) is 4.37. The SMILES string of the molecule is CC1CN(c2cc(Cl)ccc2N)CC(C)O1. The van der Waals surface area contributed by atoms with Gasteiger partial charge in [-0.3, -0.25) is 0 Å². The van der Waals surface area contributed by atoms with Crippen LogP contribution in [0.2, 0.25) is 5.02 Å². The van der Waals surface area contributed by atoms with E-state index in [2.05, 4.69) is 18.7 Å². The summed E-state index contributed by atoms with van der Waals surface area (Å²) in [5.41, 5.74) is 7.75. The normalized spacial score (nSPS) is 25.8. The van der Waals surface area contributed by atoms with Crippen LogP contribution >= 0.6 is 11.6 Å². The van der Waals surface area contributed by atoms with Crippen LogP contribution in [0, 0.1) is 0 Å². The molecule has 1 aromatic carbocycles. The Morgan fingerprint density at radius 2 is 1.94 bits per heavy atom. The zero-order valence-corrected chi connectivity index (χ0v) is 10.4. The monoisotopic (exact) mass is 240 g/mol. The zero-order valence-electron chi connectivity index (χ0n) is 9.61. The minimum absolute atomic E-state index is 0.224. The second kappa shape index (κ2) is 4.52. The number of nitrogen functional groups attached to an aromatic ring is 1. The van der Waals surface area contributed by atoms with Crippen molar-refractivity contribution < 1.29 is 4.74 Å². The van der Waals surface area contributed by atoms with Gasteiger partial charge in [-0.25, -0.2) is 0 Å². The number of nitrogens with two attached hydrogens (primary N) is 1. The highest BCUT2D eigenvalue weighted by atomic mass is 35.5. The number of ether oxygens (including phenoxy) is 1. The van der Waals surface area contributed by atoms with E-state index in [4.69, 9.17) is 22.1 Å². The third-order valence-electron chi connectivity index (χ3n) is 2.75. The van der Waals surface area contributed by atoms with Gasteiger partial charge in [0.1, 0.15) is 0 Å². The van der Waals surface area contributed by atoms with Crippen LogP contribution in [0.15, 0.2) is 18.2 Å². The van der Waals surface area contributed by atoms with Crippen molar-refractivity contribution in [2.45, 2.75) is 26.1 Å². The molecule has 0 spiro atoms. The Hall–Kier alpha value is -0.930. The van der Waals surface area contributed by atoms with Gasteiger partial charge in [-0.1, -0.05) is 11.6 Å². The fraction of sp³-hybridized carbons (Fsp3) is 0.500. The first-order chi connectivity index (χ1) is 7.56. The Balaban J connectivity index is 2.25. The largest absolute Gasteiger partial charge is 0.397 e. The van der Waals surface area contributed by atoms with Gasteiger partial charge in [-0.15, -0.1) is 0 Å². The topological polar surface area (TPSA) is 38.5 Å². The summed E-state index contributed by atoms with van der Waals surface area (Å²) in [5, 5.41) is 0.719. The lowest BCUT2D eigenvalue weighted by Crippen LogP contribution is -2.45. The highest BCUT2D eigenvalue weighted by Gasteiger charge is 2.23. The summed E-state index contributed by atoms with van der Waals surface area (Å²) >= 11 is 6.00. The molecule has 1 aromatic rings. The summed E-state index contributed by atoms with van der Waals surface area (Å²) in [7, 11) is 0. The van der Waals surface area contributed by atoms with E-state index in [9.17, 15) is 0 Å². The van der Waals surface area contributed by atoms with E-state index in [0.717, 1.165) is 29.5 Å². The van der Waals surface area contributed by atoms with Crippen LogP contribution in [0.3, 0.4) is 0 Å². The number of benzene rings is 1. The Morgan fingerprint density at radius 3 is 2.56 bits per heavy atom. The van der Waals surface area contributed by atoms with Gasteiger partial charge in [-0.2, -0.15) is 0 Å². The molecule has 1 saturated heterocycles. The molecule has 2 atom stereocenters. The van der Waals surface area contributed by atoms with Crippen molar-refractivity contribution >= 4 is 23.0 Å². The predicted molar refractivity (Wildman–Crippen MR) is 68.1 cm³/mol. The molecular formula is C12H17ClN2O. The molecule has 0 radical (unpaired) electrons. The minimum Gasteiger partial charge on any atom is -0.397 e. The molecule has 2 unspecified atom stereocenters. The summed E-state index contributed by atoms with van der Waals surface area (Å²) in [5.74, 6) is 0. The van der Waals surface area contributed by atoms with E-state index in [1.54, 1.807) is 0 Å². The van der Waals surface area contributed by atoms with Gasteiger partial charge in [0.25, 0.3) is 0 Å². The van der Waals surface area contributed by atoms with Crippen LogP contribution in [-0.2, 0) is 4.74 Å². The fourth-order valence-electron chi connectivity index (χ4n) is 2.17. The van der Waals surface area contributed by atoms with Crippen molar-refractivity contribution in [3.05, 3.63) is 23.2 Å². The van der Waals surface area contributed by atoms with E-state index >= 15 is 0 Å². The van der Waals surface area contributed by atoms with E-state index in [0.29, 0.717) is 0 Å². The Kier molecular flexibility index (Phi) is 3.26. The van der Waals surface area contributed by atoms with Gasteiger partial charge in [0.05, 0.1) is 23.6 Å². The average Bonchev–Trinajstić information content (AvgIpc) is 2.20. The number of rotatable bonds is 1. The molecule has 2 N–H and O–H groups in total. The molecule has 1 aliphatic rings. The van der Waals surface area contributed by atoms with Crippen LogP contribution in [0.4, 0.5) is 11.4 Å². The van der Waals surface area contributed by atoms with Crippen molar-refractivity contribution in [1.82, 2.24) is 0 Å². The van der Waals surface area contributed by atoms with E-state index in [-0.39, 0.29) is 12.2 Å². The molecule has 3 nitrogen and oxygen atoms in total. The molecule has 1 heterocycles. The average molecular weight is 241 g/mol. The third kappa shape index (κ3) is 2.42. The maximum atomic E-state index is 6.00. The van der Waals surface area contributed by atoms with Crippen LogP contribution < -0.4 is 10.6 Å². The number of morpholine rings is 1. The molecule has 0 aliphatic carbocycles. The van der Waals surface area contributed by atoms with Crippen LogP contribution in [0.5, 0.6) is 0 Å². The lowest BCUT2D eigenvalue weighted by Gasteiger charge is -2.37. The molecule has 4 heteroatoms. The Morgan fingerprint density at radius 1 is 1.31 bits per heavy atom. The first kappa shape index (κ1) is 11.6. The minimum atomic E-state index is 0.224. The quantitative estimate of drug-likeness (QED) is 0.767. The standard InChI is InChI=1S/C12H17ClN2O/c1-8-6-15(7-9(2)16-8)12-5-10(13)3-4-11(12)14/h3-5,8-9H,6-7,14H2,1-2H3. The van der Waals surface area contributed by atoms with Crippen LogP contribution in [-0.4, -0.2) is 25.3 Å². The van der Waals surface area contributed by atoms with Gasteiger partial charge < -0.3 is 15.4 Å². The molecule has 0 aromatic heterocycles. The van der Waals surface area contributed by atoms with Crippen LogP contribution in [0.1, 0.15) is 13.8 Å². The van der Waals surface area contributed by atoms with E-state index in [1.807, 2.05) is 18.2 Å². The lowest BCUT2D eigenvalue weighted by atomic mass is 10.2. The molecule has 0 saturated carbocycles. The molecule has 1 aliphatic heterocycles. The van der Waals surface area contributed by atoms with Crippen molar-refractivity contribution in [3.8, 4) is 0 Å². The maximum Gasteiger partial charge on any atom is 0.0726 e.